The number of amides is 2. The minimum atomic E-state index is -1.08. The monoisotopic (exact) mass is 342 g/mol. The van der Waals surface area contributed by atoms with Crippen LogP contribution in [-0.4, -0.2) is 24.7 Å². The number of rotatable bonds is 5. The Labute approximate surface area is 143 Å². The van der Waals surface area contributed by atoms with Crippen molar-refractivity contribution in [3.8, 4) is 17.9 Å². The first-order valence-electron chi connectivity index (χ1n) is 6.92. The number of ether oxygens (including phenoxy) is 1. The summed E-state index contributed by atoms with van der Waals surface area (Å²) in [6, 6.07) is 10.9. The third-order valence-electron chi connectivity index (χ3n) is 3.50. The molecule has 1 aliphatic heterocycles. The van der Waals surface area contributed by atoms with Gasteiger partial charge in [-0.05, 0) is 6.07 Å². The molecule has 1 heterocycles. The zero-order valence-corrected chi connectivity index (χ0v) is 13.6. The number of nitriles is 2. The maximum atomic E-state index is 12.3. The maximum absolute atomic E-state index is 12.3. The highest BCUT2D eigenvalue weighted by molar-refractivity contribution is 8.03. The second-order valence-electron chi connectivity index (χ2n) is 4.93. The molecule has 1 aromatic rings. The van der Waals surface area contributed by atoms with Gasteiger partial charge in [-0.3, -0.25) is 9.59 Å². The molecule has 0 aliphatic carbocycles. The van der Waals surface area contributed by atoms with E-state index in [0.717, 1.165) is 11.8 Å². The summed E-state index contributed by atoms with van der Waals surface area (Å²) < 4.78 is 5.30. The minimum Gasteiger partial charge on any atom is -0.496 e. The van der Waals surface area contributed by atoms with Crippen molar-refractivity contribution in [3.05, 3.63) is 40.4 Å². The highest BCUT2D eigenvalue weighted by atomic mass is 32.2. The van der Waals surface area contributed by atoms with Gasteiger partial charge >= 0.3 is 0 Å². The zero-order chi connectivity index (χ0) is 17.7. The SMILES string of the molecule is COc1ccccc1[C@@H]1C(C#N)=C(SCC(N)=O)NC(=O)[C@H]1C#N. The van der Waals surface area contributed by atoms with E-state index in [1.54, 1.807) is 24.3 Å². The van der Waals surface area contributed by atoms with Crippen molar-refractivity contribution in [1.82, 2.24) is 5.32 Å². The number of hydrogen-bond acceptors (Lipinski definition) is 6. The lowest BCUT2D eigenvalue weighted by Crippen LogP contribution is -2.39. The summed E-state index contributed by atoms with van der Waals surface area (Å²) in [6.07, 6.45) is 0. The smallest absolute Gasteiger partial charge is 0.243 e. The van der Waals surface area contributed by atoms with Crippen LogP contribution < -0.4 is 15.8 Å². The number of para-hydroxylation sites is 1. The van der Waals surface area contributed by atoms with Crippen molar-refractivity contribution in [2.75, 3.05) is 12.9 Å². The van der Waals surface area contributed by atoms with Gasteiger partial charge in [0, 0.05) is 5.56 Å². The number of nitrogens with one attached hydrogen (secondary N) is 1. The van der Waals surface area contributed by atoms with Crippen LogP contribution in [0.2, 0.25) is 0 Å². The van der Waals surface area contributed by atoms with E-state index >= 15 is 0 Å². The van der Waals surface area contributed by atoms with Gasteiger partial charge in [0.1, 0.15) is 11.7 Å². The minimum absolute atomic E-state index is 0.0866. The molecule has 8 heteroatoms. The Morgan fingerprint density at radius 3 is 2.71 bits per heavy atom. The van der Waals surface area contributed by atoms with Crippen molar-refractivity contribution < 1.29 is 14.3 Å². The molecule has 7 nitrogen and oxygen atoms in total. The zero-order valence-electron chi connectivity index (χ0n) is 12.8. The van der Waals surface area contributed by atoms with Crippen molar-refractivity contribution in [2.45, 2.75) is 5.92 Å². The van der Waals surface area contributed by atoms with Gasteiger partial charge in [-0.2, -0.15) is 10.5 Å². The Balaban J connectivity index is 2.60. The van der Waals surface area contributed by atoms with Gasteiger partial charge in [0.25, 0.3) is 0 Å². The summed E-state index contributed by atoms with van der Waals surface area (Å²) in [7, 11) is 1.47. The highest BCUT2D eigenvalue weighted by Crippen LogP contribution is 2.42. The first-order chi connectivity index (χ1) is 11.5. The predicted octanol–water partition coefficient (Wildman–Crippen LogP) is 1.00. The molecule has 3 N–H and O–H groups in total. The standard InChI is InChI=1S/C16H14N4O3S/c1-23-12-5-3-2-4-9(12)14-10(6-17)15(22)20-16(11(14)7-18)24-8-13(19)21/h2-5,10,14H,8H2,1H3,(H2,19,21)(H,20,22)/t10-,14-/m0/s1. The Bertz CT molecular complexity index is 791. The van der Waals surface area contributed by atoms with E-state index < -0.39 is 23.7 Å². The van der Waals surface area contributed by atoms with Crippen LogP contribution in [0.5, 0.6) is 5.75 Å². The number of nitrogens with two attached hydrogens (primary N) is 1. The van der Waals surface area contributed by atoms with E-state index in [2.05, 4.69) is 5.32 Å². The maximum Gasteiger partial charge on any atom is 0.243 e. The van der Waals surface area contributed by atoms with Crippen LogP contribution in [0.15, 0.2) is 34.9 Å². The van der Waals surface area contributed by atoms with Gasteiger partial charge in [0.05, 0.1) is 41.5 Å². The van der Waals surface area contributed by atoms with Crippen LogP contribution in [0.1, 0.15) is 11.5 Å². The third kappa shape index (κ3) is 3.34. The Kier molecular flexibility index (Phi) is 5.46. The normalized spacial score (nSPS) is 19.9. The Hall–Kier alpha value is -2.97. The predicted molar refractivity (Wildman–Crippen MR) is 87.3 cm³/mol. The first-order valence-corrected chi connectivity index (χ1v) is 7.90. The van der Waals surface area contributed by atoms with Crippen LogP contribution in [0, 0.1) is 28.6 Å². The second-order valence-corrected chi connectivity index (χ2v) is 5.91. The van der Waals surface area contributed by atoms with Gasteiger partial charge in [-0.15, -0.1) is 0 Å². The fraction of sp³-hybridized carbons (Fsp3) is 0.250. The molecule has 0 fully saturated rings. The van der Waals surface area contributed by atoms with Crippen LogP contribution in [-0.2, 0) is 9.59 Å². The Morgan fingerprint density at radius 2 is 2.12 bits per heavy atom. The third-order valence-corrected chi connectivity index (χ3v) is 4.54. The average molecular weight is 342 g/mol. The summed E-state index contributed by atoms with van der Waals surface area (Å²) in [4.78, 5) is 23.3. The molecule has 1 aliphatic rings. The van der Waals surface area contributed by atoms with Crippen molar-refractivity contribution >= 4 is 23.6 Å². The number of hydrogen-bond donors (Lipinski definition) is 2. The molecule has 1 aromatic carbocycles. The van der Waals surface area contributed by atoms with Crippen LogP contribution in [0.3, 0.4) is 0 Å². The molecule has 2 atom stereocenters. The number of primary amides is 1. The van der Waals surface area contributed by atoms with E-state index in [1.807, 2.05) is 12.1 Å². The van der Waals surface area contributed by atoms with Crippen molar-refractivity contribution in [3.63, 3.8) is 0 Å². The molecule has 0 aromatic heterocycles. The molecule has 0 spiro atoms. The number of allylic oxidation sites excluding steroid dienone is 1. The fourth-order valence-electron chi connectivity index (χ4n) is 2.49. The lowest BCUT2D eigenvalue weighted by Gasteiger charge is -2.29. The number of thioether (sulfide) groups is 1. The van der Waals surface area contributed by atoms with E-state index in [-0.39, 0.29) is 16.4 Å². The molecule has 0 saturated carbocycles. The van der Waals surface area contributed by atoms with E-state index in [4.69, 9.17) is 10.5 Å². The molecule has 2 rings (SSSR count). The largest absolute Gasteiger partial charge is 0.496 e. The van der Waals surface area contributed by atoms with Crippen molar-refractivity contribution in [2.24, 2.45) is 11.7 Å². The van der Waals surface area contributed by atoms with Crippen LogP contribution in [0.25, 0.3) is 0 Å². The molecular formula is C16H14N4O3S. The Morgan fingerprint density at radius 1 is 1.42 bits per heavy atom. The number of carbonyl (C=O) groups excluding carboxylic acids is 2. The highest BCUT2D eigenvalue weighted by Gasteiger charge is 2.40. The molecule has 2 amide bonds. The summed E-state index contributed by atoms with van der Waals surface area (Å²) in [5, 5.41) is 21.8. The van der Waals surface area contributed by atoms with Crippen LogP contribution in [0.4, 0.5) is 0 Å². The summed E-state index contributed by atoms with van der Waals surface area (Å²) in [6.45, 7) is 0. The van der Waals surface area contributed by atoms with Crippen molar-refractivity contribution in [1.29, 1.82) is 10.5 Å². The van der Waals surface area contributed by atoms with E-state index in [0.29, 0.717) is 11.3 Å². The van der Waals surface area contributed by atoms with Gasteiger partial charge in [-0.1, -0.05) is 30.0 Å². The van der Waals surface area contributed by atoms with E-state index in [1.165, 1.54) is 7.11 Å². The summed E-state index contributed by atoms with van der Waals surface area (Å²) in [5.41, 5.74) is 5.90. The van der Waals surface area contributed by atoms with Gasteiger partial charge in [-0.25, -0.2) is 0 Å². The lowest BCUT2D eigenvalue weighted by atomic mass is 9.79. The summed E-state index contributed by atoms with van der Waals surface area (Å²) in [5.74, 6) is -2.57. The molecule has 0 saturated heterocycles. The quantitative estimate of drug-likeness (QED) is 0.821. The molecule has 0 radical (unpaired) electrons. The fourth-order valence-corrected chi connectivity index (χ4v) is 3.27. The van der Waals surface area contributed by atoms with Crippen LogP contribution >= 0.6 is 11.8 Å². The van der Waals surface area contributed by atoms with Gasteiger partial charge in [0.15, 0.2) is 0 Å². The van der Waals surface area contributed by atoms with Gasteiger partial charge in [0.2, 0.25) is 11.8 Å². The first kappa shape index (κ1) is 17.4. The topological polar surface area (TPSA) is 129 Å². The second kappa shape index (κ2) is 7.53. The molecule has 24 heavy (non-hydrogen) atoms. The number of carbonyl (C=O) groups is 2. The number of nitrogens with zero attached hydrogens (tertiary/aromatic N) is 2. The average Bonchev–Trinajstić information content (AvgIpc) is 2.59. The lowest BCUT2D eigenvalue weighted by molar-refractivity contribution is -0.123. The number of benzene rings is 1. The molecule has 0 bridgehead atoms. The van der Waals surface area contributed by atoms with E-state index in [9.17, 15) is 20.1 Å². The molecule has 122 valence electrons. The van der Waals surface area contributed by atoms with Gasteiger partial charge < -0.3 is 15.8 Å². The summed E-state index contributed by atoms with van der Waals surface area (Å²) >= 11 is 0.967. The molecular weight excluding hydrogens is 328 g/mol. The molecule has 0 unspecified atom stereocenters. The number of methoxy groups -OCH3 is 1.